The van der Waals surface area contributed by atoms with Crippen LogP contribution >= 0.6 is 0 Å². The normalized spacial score (nSPS) is 21.2. The van der Waals surface area contributed by atoms with Crippen molar-refractivity contribution in [2.45, 2.75) is 25.5 Å². The zero-order chi connectivity index (χ0) is 12.3. The molecular weight excluding hydrogens is 232 g/mol. The van der Waals surface area contributed by atoms with Gasteiger partial charge in [0.25, 0.3) is 10.1 Å². The Morgan fingerprint density at radius 3 is 2.38 bits per heavy atom. The highest BCUT2D eigenvalue weighted by molar-refractivity contribution is 7.86. The van der Waals surface area contributed by atoms with Gasteiger partial charge in [0.2, 0.25) is 0 Å². The molecule has 1 N–H and O–H groups in total. The topological polar surface area (TPSA) is 77.9 Å². The van der Waals surface area contributed by atoms with Gasteiger partial charge in [0, 0.05) is 26.2 Å². The van der Waals surface area contributed by atoms with Gasteiger partial charge >= 0.3 is 6.03 Å². The van der Waals surface area contributed by atoms with Crippen LogP contribution in [-0.4, -0.2) is 60.2 Å². The lowest BCUT2D eigenvalue weighted by molar-refractivity contribution is 0.167. The van der Waals surface area contributed by atoms with Crippen molar-refractivity contribution in [1.82, 2.24) is 9.80 Å². The third-order valence-electron chi connectivity index (χ3n) is 2.87. The molecule has 1 rings (SSSR count). The Morgan fingerprint density at radius 1 is 1.44 bits per heavy atom. The standard InChI is InChI=1S/C9H18N2O4S/c1-3-10(4-2)9(12)11-6-5-8(7-11)16(13,14)15/h8H,3-7H2,1-2H3,(H,13,14,15). The molecule has 1 aliphatic rings. The van der Waals surface area contributed by atoms with Crippen molar-refractivity contribution < 1.29 is 17.8 Å². The second-order valence-electron chi connectivity index (χ2n) is 3.83. The number of carbonyl (C=O) groups excluding carboxylic acids is 1. The molecule has 1 atom stereocenters. The van der Waals surface area contributed by atoms with Gasteiger partial charge in [-0.3, -0.25) is 4.55 Å². The van der Waals surface area contributed by atoms with Crippen LogP contribution in [0.4, 0.5) is 4.79 Å². The van der Waals surface area contributed by atoms with Gasteiger partial charge in [0.1, 0.15) is 5.25 Å². The van der Waals surface area contributed by atoms with Crippen LogP contribution in [-0.2, 0) is 10.1 Å². The van der Waals surface area contributed by atoms with Crippen LogP contribution in [0.25, 0.3) is 0 Å². The smallest absolute Gasteiger partial charge is 0.320 e. The van der Waals surface area contributed by atoms with E-state index in [1.807, 2.05) is 13.8 Å². The Bertz CT molecular complexity index is 351. The van der Waals surface area contributed by atoms with Crippen LogP contribution in [0.1, 0.15) is 20.3 Å². The third kappa shape index (κ3) is 2.85. The number of urea groups is 1. The average Bonchev–Trinajstić information content (AvgIpc) is 2.67. The molecule has 16 heavy (non-hydrogen) atoms. The van der Waals surface area contributed by atoms with Crippen molar-refractivity contribution in [2.24, 2.45) is 0 Å². The highest BCUT2D eigenvalue weighted by Crippen LogP contribution is 2.17. The SMILES string of the molecule is CCN(CC)C(=O)N1CCC(S(=O)(=O)O)C1. The van der Waals surface area contributed by atoms with E-state index in [4.69, 9.17) is 4.55 Å². The molecule has 6 nitrogen and oxygen atoms in total. The zero-order valence-electron chi connectivity index (χ0n) is 9.59. The zero-order valence-corrected chi connectivity index (χ0v) is 10.4. The van der Waals surface area contributed by atoms with Crippen LogP contribution in [0.2, 0.25) is 0 Å². The van der Waals surface area contributed by atoms with E-state index >= 15 is 0 Å². The molecule has 0 aromatic rings. The monoisotopic (exact) mass is 250 g/mol. The number of amides is 2. The number of hydrogen-bond donors (Lipinski definition) is 1. The van der Waals surface area contributed by atoms with E-state index in [1.54, 1.807) is 4.90 Å². The van der Waals surface area contributed by atoms with Crippen molar-refractivity contribution in [1.29, 1.82) is 0 Å². The maximum atomic E-state index is 11.9. The van der Waals surface area contributed by atoms with E-state index in [-0.39, 0.29) is 12.6 Å². The fourth-order valence-electron chi connectivity index (χ4n) is 1.84. The summed E-state index contributed by atoms with van der Waals surface area (Å²) in [6.45, 7) is 5.42. The molecule has 0 aromatic heterocycles. The molecule has 0 radical (unpaired) electrons. The summed E-state index contributed by atoms with van der Waals surface area (Å²) in [5.74, 6) is 0. The molecule has 1 saturated heterocycles. The summed E-state index contributed by atoms with van der Waals surface area (Å²) in [6.07, 6.45) is 0.311. The summed E-state index contributed by atoms with van der Waals surface area (Å²) < 4.78 is 30.7. The quantitative estimate of drug-likeness (QED) is 0.736. The molecule has 0 aliphatic carbocycles. The van der Waals surface area contributed by atoms with Crippen LogP contribution in [0.15, 0.2) is 0 Å². The Hall–Kier alpha value is -0.820. The minimum atomic E-state index is -4.02. The van der Waals surface area contributed by atoms with Crippen LogP contribution < -0.4 is 0 Å². The first-order valence-corrected chi connectivity index (χ1v) is 6.90. The lowest BCUT2D eigenvalue weighted by Crippen LogP contribution is -2.42. The Labute approximate surface area is 96.0 Å². The van der Waals surface area contributed by atoms with Gasteiger partial charge in [0.05, 0.1) is 0 Å². The molecule has 1 unspecified atom stereocenters. The Morgan fingerprint density at radius 2 is 2.00 bits per heavy atom. The van der Waals surface area contributed by atoms with Crippen LogP contribution in [0, 0.1) is 0 Å². The van der Waals surface area contributed by atoms with E-state index in [0.29, 0.717) is 26.1 Å². The van der Waals surface area contributed by atoms with Crippen molar-refractivity contribution >= 4 is 16.1 Å². The number of likely N-dealkylation sites (tertiary alicyclic amines) is 1. The van der Waals surface area contributed by atoms with E-state index in [1.165, 1.54) is 4.90 Å². The van der Waals surface area contributed by atoms with Gasteiger partial charge in [-0.25, -0.2) is 4.79 Å². The lowest BCUT2D eigenvalue weighted by atomic mass is 10.4. The molecule has 0 saturated carbocycles. The van der Waals surface area contributed by atoms with Gasteiger partial charge in [-0.2, -0.15) is 8.42 Å². The fraction of sp³-hybridized carbons (Fsp3) is 0.889. The summed E-state index contributed by atoms with van der Waals surface area (Å²) in [4.78, 5) is 15.0. The van der Waals surface area contributed by atoms with Gasteiger partial charge < -0.3 is 9.80 Å². The number of nitrogens with zero attached hydrogens (tertiary/aromatic N) is 2. The molecule has 0 bridgehead atoms. The van der Waals surface area contributed by atoms with Gasteiger partial charge in [-0.15, -0.1) is 0 Å². The first kappa shape index (κ1) is 13.2. The van der Waals surface area contributed by atoms with Gasteiger partial charge in [-0.1, -0.05) is 0 Å². The summed E-state index contributed by atoms with van der Waals surface area (Å²) in [5.41, 5.74) is 0. The van der Waals surface area contributed by atoms with Crippen molar-refractivity contribution in [3.8, 4) is 0 Å². The molecule has 1 fully saturated rings. The average molecular weight is 250 g/mol. The number of hydrogen-bond acceptors (Lipinski definition) is 3. The van der Waals surface area contributed by atoms with Crippen LogP contribution in [0.5, 0.6) is 0 Å². The maximum Gasteiger partial charge on any atom is 0.320 e. The first-order valence-electron chi connectivity index (χ1n) is 5.40. The van der Waals surface area contributed by atoms with Crippen molar-refractivity contribution in [3.05, 3.63) is 0 Å². The van der Waals surface area contributed by atoms with E-state index in [2.05, 4.69) is 0 Å². The molecule has 1 aliphatic heterocycles. The van der Waals surface area contributed by atoms with Crippen LogP contribution in [0.3, 0.4) is 0 Å². The maximum absolute atomic E-state index is 11.9. The molecule has 0 aromatic carbocycles. The van der Waals surface area contributed by atoms with Gasteiger partial charge in [-0.05, 0) is 20.3 Å². The third-order valence-corrected chi connectivity index (χ3v) is 4.10. The van der Waals surface area contributed by atoms with E-state index in [9.17, 15) is 13.2 Å². The highest BCUT2D eigenvalue weighted by atomic mass is 32.2. The van der Waals surface area contributed by atoms with Gasteiger partial charge in [0.15, 0.2) is 0 Å². The molecule has 2 amide bonds. The molecule has 94 valence electrons. The first-order chi connectivity index (χ1) is 7.40. The minimum Gasteiger partial charge on any atom is -0.325 e. The minimum absolute atomic E-state index is 0.0914. The predicted octanol–water partition coefficient (Wildman–Crippen LogP) is 0.410. The predicted molar refractivity (Wildman–Crippen MR) is 59.8 cm³/mol. The Kier molecular flexibility index (Phi) is 4.15. The van der Waals surface area contributed by atoms with E-state index < -0.39 is 15.4 Å². The summed E-state index contributed by atoms with van der Waals surface area (Å²) in [6, 6.07) is -0.156. The summed E-state index contributed by atoms with van der Waals surface area (Å²) in [5, 5.41) is -0.827. The molecule has 1 heterocycles. The summed E-state index contributed by atoms with van der Waals surface area (Å²) in [7, 11) is -4.02. The molecule has 0 spiro atoms. The summed E-state index contributed by atoms with van der Waals surface area (Å²) >= 11 is 0. The molecule has 7 heteroatoms. The number of carbonyl (C=O) groups is 1. The second kappa shape index (κ2) is 5.01. The fourth-order valence-corrected chi connectivity index (χ4v) is 2.61. The van der Waals surface area contributed by atoms with Crippen molar-refractivity contribution in [3.63, 3.8) is 0 Å². The largest absolute Gasteiger partial charge is 0.325 e. The highest BCUT2D eigenvalue weighted by Gasteiger charge is 2.35. The number of rotatable bonds is 3. The van der Waals surface area contributed by atoms with E-state index in [0.717, 1.165) is 0 Å². The van der Waals surface area contributed by atoms with Crippen molar-refractivity contribution in [2.75, 3.05) is 26.2 Å². The Balaban J connectivity index is 2.63. The lowest BCUT2D eigenvalue weighted by Gasteiger charge is -2.25. The second-order valence-corrected chi connectivity index (χ2v) is 5.52. The molecular formula is C9H18N2O4S.